The zero-order valence-corrected chi connectivity index (χ0v) is 32.9. The number of ether oxygens (including phenoxy) is 5. The number of carbonyl (C=O) groups is 3. The van der Waals surface area contributed by atoms with E-state index in [4.69, 9.17) is 33.7 Å². The van der Waals surface area contributed by atoms with E-state index in [2.05, 4.69) is 29.7 Å². The van der Waals surface area contributed by atoms with Crippen LogP contribution in [-0.2, 0) is 37.8 Å². The number of unbranched alkanes of at least 4 members (excludes halogenated alkanes) is 1. The van der Waals surface area contributed by atoms with Gasteiger partial charge in [0.05, 0.1) is 23.9 Å². The maximum absolute atomic E-state index is 14.2. The molecule has 0 saturated carbocycles. The fourth-order valence-corrected chi connectivity index (χ4v) is 8.55. The van der Waals surface area contributed by atoms with E-state index in [1.54, 1.807) is 32.8 Å². The predicted molar refractivity (Wildman–Crippen MR) is 190 cm³/mol. The summed E-state index contributed by atoms with van der Waals surface area (Å²) >= 11 is 0. The number of rotatable bonds is 11. The Hall–Kier alpha value is -2.09. The molecule has 14 atom stereocenters. The van der Waals surface area contributed by atoms with Crippen molar-refractivity contribution in [3.63, 3.8) is 0 Å². The molecular formula is C34H61N6O9P. The third kappa shape index (κ3) is 9.28. The van der Waals surface area contributed by atoms with E-state index in [9.17, 15) is 14.4 Å². The zero-order chi connectivity index (χ0) is 37.6. The minimum Gasteiger partial charge on any atom is -0.458 e. The highest BCUT2D eigenvalue weighted by Crippen LogP contribution is 2.40. The molecule has 286 valence electrons. The Kier molecular flexibility index (Phi) is 15.3. The summed E-state index contributed by atoms with van der Waals surface area (Å²) in [5, 5.41) is 7.29. The topological polar surface area (TPSA) is 174 Å². The Morgan fingerprint density at radius 2 is 1.82 bits per heavy atom. The fraction of sp³-hybridized carbons (Fsp3) is 0.912. The average Bonchev–Trinajstić information content (AvgIpc) is 3.32. The molecule has 50 heavy (non-hydrogen) atoms. The monoisotopic (exact) mass is 728 g/mol. The van der Waals surface area contributed by atoms with Crippen molar-refractivity contribution in [2.45, 2.75) is 154 Å². The summed E-state index contributed by atoms with van der Waals surface area (Å²) < 4.78 is 37.4. The van der Waals surface area contributed by atoms with Crippen LogP contribution in [0.25, 0.3) is 10.4 Å². The molecular weight excluding hydrogens is 667 g/mol. The van der Waals surface area contributed by atoms with Gasteiger partial charge in [-0.1, -0.05) is 19.0 Å². The van der Waals surface area contributed by atoms with Crippen LogP contribution in [0, 0.1) is 11.8 Å². The van der Waals surface area contributed by atoms with Crippen LogP contribution < -0.4 is 5.32 Å². The average molecular weight is 729 g/mol. The molecule has 0 aromatic heterocycles. The van der Waals surface area contributed by atoms with Gasteiger partial charge in [-0.25, -0.2) is 4.79 Å². The summed E-state index contributed by atoms with van der Waals surface area (Å²) in [6.45, 7) is 15.5. The van der Waals surface area contributed by atoms with Crippen molar-refractivity contribution in [2.75, 3.05) is 34.3 Å². The molecule has 0 radical (unpaired) electrons. The second kappa shape index (κ2) is 18.1. The van der Waals surface area contributed by atoms with Gasteiger partial charge in [0.15, 0.2) is 17.7 Å². The number of cyclic esters (lactones) is 1. The van der Waals surface area contributed by atoms with Crippen molar-refractivity contribution in [2.24, 2.45) is 17.0 Å². The normalized spacial score (nSPS) is 40.5. The Labute approximate surface area is 300 Å². The molecule has 4 unspecified atom stereocenters. The lowest BCUT2D eigenvalue weighted by atomic mass is 9.78. The highest BCUT2D eigenvalue weighted by Gasteiger charge is 2.59. The number of fused-ring (bicyclic) bond motifs is 1. The highest BCUT2D eigenvalue weighted by atomic mass is 31.0. The van der Waals surface area contributed by atoms with Gasteiger partial charge in [0.1, 0.15) is 18.1 Å². The van der Waals surface area contributed by atoms with Gasteiger partial charge >= 0.3 is 12.1 Å². The summed E-state index contributed by atoms with van der Waals surface area (Å²) in [5.41, 5.74) is 6.40. The van der Waals surface area contributed by atoms with Crippen LogP contribution in [-0.4, -0.2) is 128 Å². The fourth-order valence-electron chi connectivity index (χ4n) is 8.24. The SMILES string of the molecule is CC[C@H]1OC(=O)[C@H](C)C(=O)[C@H](C)[C@@H](O[C@@H]2O[C@H](C)CC(N(C)C)C2OP)[C@](C)(OC)CC(C)N[C@H](C)[C@H]2N(CCCCN=[N+]=[N-])C(=O)O[C@]12C. The van der Waals surface area contributed by atoms with E-state index < -0.39 is 65.7 Å². The van der Waals surface area contributed by atoms with Crippen molar-refractivity contribution < 1.29 is 42.6 Å². The van der Waals surface area contributed by atoms with Gasteiger partial charge in [0, 0.05) is 58.6 Å². The Balaban J connectivity index is 2.06. The summed E-state index contributed by atoms with van der Waals surface area (Å²) in [5.74, 6) is -3.03. The molecule has 0 bridgehead atoms. The van der Waals surface area contributed by atoms with Crippen LogP contribution in [0.1, 0.15) is 87.5 Å². The van der Waals surface area contributed by atoms with Crippen molar-refractivity contribution in [3.8, 4) is 0 Å². The van der Waals surface area contributed by atoms with Crippen molar-refractivity contribution in [3.05, 3.63) is 10.4 Å². The van der Waals surface area contributed by atoms with Crippen LogP contribution >= 0.6 is 9.47 Å². The number of methoxy groups -OCH3 is 1. The quantitative estimate of drug-likeness (QED) is 0.0598. The second-order valence-electron chi connectivity index (χ2n) is 14.9. The number of likely N-dealkylation sites (N-methyl/N-ethyl adjacent to an activating group) is 1. The molecule has 15 nitrogen and oxygen atoms in total. The first-order valence-corrected chi connectivity index (χ1v) is 18.3. The standard InChI is InChI=1S/C34H61N6O9P/c1-12-25-34(8)28(40(32(43)48-34)16-14-13-15-36-38-35)23(6)37-19(2)18-33(7,44-11)29(21(4)26(41)22(5)30(42)46-25)47-31-27(49-50)24(39(9)10)17-20(3)45-31/h19-25,27-29,31,37H,12-18,50H2,1-11H3/t19?,20-,21+,22-,23-,24?,25-,27?,28-,29-,31+,33-,34-/m1/s1. The lowest BCUT2D eigenvalue weighted by Crippen LogP contribution is -2.63. The molecule has 3 heterocycles. The largest absolute Gasteiger partial charge is 0.458 e. The van der Waals surface area contributed by atoms with Crippen LogP contribution in [0.4, 0.5) is 4.79 Å². The number of ketones is 1. The molecule has 0 aromatic rings. The number of hydrogen-bond donors (Lipinski definition) is 1. The van der Waals surface area contributed by atoms with Crippen LogP contribution in [0.3, 0.4) is 0 Å². The molecule has 0 aliphatic carbocycles. The van der Waals surface area contributed by atoms with Gasteiger partial charge in [-0.3, -0.25) is 14.5 Å². The molecule has 3 rings (SSSR count). The zero-order valence-electron chi connectivity index (χ0n) is 31.8. The molecule has 3 aliphatic heterocycles. The van der Waals surface area contributed by atoms with Gasteiger partial charge in [-0.2, -0.15) is 0 Å². The minimum atomic E-state index is -1.22. The first-order chi connectivity index (χ1) is 23.5. The predicted octanol–water partition coefficient (Wildman–Crippen LogP) is 4.62. The minimum absolute atomic E-state index is 0.0199. The van der Waals surface area contributed by atoms with Gasteiger partial charge in [0.2, 0.25) is 0 Å². The molecule has 0 aromatic carbocycles. The van der Waals surface area contributed by atoms with Crippen molar-refractivity contribution in [1.82, 2.24) is 15.1 Å². The number of esters is 1. The third-order valence-corrected chi connectivity index (χ3v) is 11.2. The lowest BCUT2D eigenvalue weighted by molar-refractivity contribution is -0.289. The molecule has 1 N–H and O–H groups in total. The van der Waals surface area contributed by atoms with Crippen molar-refractivity contribution in [1.29, 1.82) is 0 Å². The highest BCUT2D eigenvalue weighted by molar-refractivity contribution is 7.09. The smallest absolute Gasteiger partial charge is 0.410 e. The summed E-state index contributed by atoms with van der Waals surface area (Å²) in [4.78, 5) is 48.1. The third-order valence-electron chi connectivity index (χ3n) is 10.9. The van der Waals surface area contributed by atoms with Crippen LogP contribution in [0.15, 0.2) is 5.11 Å². The number of Topliss-reactive ketones (excluding diaryl/α,β-unsaturated/α-hetero) is 1. The molecule has 3 aliphatic rings. The van der Waals surface area contributed by atoms with Crippen LogP contribution in [0.2, 0.25) is 0 Å². The van der Waals surface area contributed by atoms with E-state index in [1.807, 2.05) is 48.7 Å². The number of azide groups is 1. The summed E-state index contributed by atoms with van der Waals surface area (Å²) in [6, 6.07) is -1.09. The Morgan fingerprint density at radius 1 is 1.14 bits per heavy atom. The number of nitrogens with zero attached hydrogens (tertiary/aromatic N) is 5. The maximum Gasteiger partial charge on any atom is 0.410 e. The van der Waals surface area contributed by atoms with E-state index in [-0.39, 0.29) is 30.0 Å². The first kappa shape index (κ1) is 42.3. The van der Waals surface area contributed by atoms with E-state index in [1.165, 1.54) is 0 Å². The number of nitrogens with one attached hydrogen (secondary N) is 1. The van der Waals surface area contributed by atoms with E-state index in [0.29, 0.717) is 38.8 Å². The maximum atomic E-state index is 14.2. The number of amides is 1. The lowest BCUT2D eigenvalue weighted by Gasteiger charge is -2.48. The molecule has 0 spiro atoms. The van der Waals surface area contributed by atoms with Crippen LogP contribution in [0.5, 0.6) is 0 Å². The van der Waals surface area contributed by atoms with E-state index >= 15 is 0 Å². The Bertz CT molecular complexity index is 1230. The van der Waals surface area contributed by atoms with Gasteiger partial charge in [-0.15, -0.1) is 0 Å². The van der Waals surface area contributed by atoms with Crippen molar-refractivity contribution >= 4 is 27.3 Å². The molecule has 3 saturated heterocycles. The van der Waals surface area contributed by atoms with Gasteiger partial charge in [0.25, 0.3) is 0 Å². The van der Waals surface area contributed by atoms with Gasteiger partial charge in [-0.05, 0) is 93.3 Å². The molecule has 16 heteroatoms. The molecule has 3 fully saturated rings. The first-order valence-electron chi connectivity index (χ1n) is 17.9. The number of hydrogen-bond acceptors (Lipinski definition) is 12. The molecule has 1 amide bonds. The summed E-state index contributed by atoms with van der Waals surface area (Å²) in [7, 11) is 7.87. The summed E-state index contributed by atoms with van der Waals surface area (Å²) in [6.07, 6.45) is -1.00. The van der Waals surface area contributed by atoms with E-state index in [0.717, 1.165) is 6.42 Å². The Morgan fingerprint density at radius 3 is 2.40 bits per heavy atom. The number of carbonyl (C=O) groups excluding carboxylic acids is 3. The second-order valence-corrected chi connectivity index (χ2v) is 15.2. The van der Waals surface area contributed by atoms with Gasteiger partial charge < -0.3 is 38.4 Å².